The van der Waals surface area contributed by atoms with Crippen LogP contribution in [-0.2, 0) is 0 Å². The number of carbonyl (C=O) groups is 1. The summed E-state index contributed by atoms with van der Waals surface area (Å²) in [6.45, 7) is 2.85. The minimum atomic E-state index is -0.135. The number of amides is 2. The molecular formula is C19H20N4O2. The summed E-state index contributed by atoms with van der Waals surface area (Å²) in [7, 11) is 1.65. The molecule has 0 unspecified atom stereocenters. The van der Waals surface area contributed by atoms with E-state index in [1.807, 2.05) is 24.3 Å². The number of nitrogens with zero attached hydrogens (tertiary/aromatic N) is 3. The lowest BCUT2D eigenvalue weighted by atomic mass is 10.2. The molecule has 3 rings (SSSR count). The summed E-state index contributed by atoms with van der Waals surface area (Å²) in [4.78, 5) is 16.4. The third-order valence-corrected chi connectivity index (χ3v) is 4.25. The second-order valence-electron chi connectivity index (χ2n) is 5.79. The van der Waals surface area contributed by atoms with Gasteiger partial charge in [-0.1, -0.05) is 6.07 Å². The minimum Gasteiger partial charge on any atom is -0.497 e. The third-order valence-electron chi connectivity index (χ3n) is 4.25. The molecule has 6 nitrogen and oxygen atoms in total. The van der Waals surface area contributed by atoms with Gasteiger partial charge < -0.3 is 19.9 Å². The highest BCUT2D eigenvalue weighted by Gasteiger charge is 2.21. The summed E-state index contributed by atoms with van der Waals surface area (Å²) < 4.78 is 5.18. The quantitative estimate of drug-likeness (QED) is 0.936. The first-order chi connectivity index (χ1) is 12.2. The normalized spacial score (nSPS) is 13.9. The number of nitriles is 1. The summed E-state index contributed by atoms with van der Waals surface area (Å²) in [5, 5.41) is 11.8. The average Bonchev–Trinajstić information content (AvgIpc) is 2.68. The zero-order valence-corrected chi connectivity index (χ0v) is 14.1. The monoisotopic (exact) mass is 336 g/mol. The number of rotatable bonds is 3. The minimum absolute atomic E-state index is 0.135. The first-order valence-corrected chi connectivity index (χ1v) is 8.14. The summed E-state index contributed by atoms with van der Waals surface area (Å²) in [5.74, 6) is 0.835. The van der Waals surface area contributed by atoms with E-state index in [1.54, 1.807) is 36.3 Å². The van der Waals surface area contributed by atoms with Crippen molar-refractivity contribution in [1.82, 2.24) is 4.90 Å². The van der Waals surface area contributed by atoms with Gasteiger partial charge in [0.2, 0.25) is 0 Å². The van der Waals surface area contributed by atoms with Gasteiger partial charge >= 0.3 is 6.03 Å². The van der Waals surface area contributed by atoms with Crippen molar-refractivity contribution in [3.8, 4) is 11.8 Å². The van der Waals surface area contributed by atoms with Crippen molar-refractivity contribution in [3.63, 3.8) is 0 Å². The lowest BCUT2D eigenvalue weighted by molar-refractivity contribution is 0.208. The van der Waals surface area contributed by atoms with Gasteiger partial charge in [-0.05, 0) is 42.5 Å². The maximum atomic E-state index is 12.4. The first-order valence-electron chi connectivity index (χ1n) is 8.14. The lowest BCUT2D eigenvalue weighted by Gasteiger charge is -2.36. The predicted octanol–water partition coefficient (Wildman–Crippen LogP) is 2.92. The van der Waals surface area contributed by atoms with Crippen LogP contribution in [0.3, 0.4) is 0 Å². The van der Waals surface area contributed by atoms with E-state index in [4.69, 9.17) is 10.00 Å². The molecule has 2 aromatic rings. The molecule has 6 heteroatoms. The fourth-order valence-electron chi connectivity index (χ4n) is 2.83. The summed E-state index contributed by atoms with van der Waals surface area (Å²) in [6, 6.07) is 16.8. The van der Waals surface area contributed by atoms with E-state index < -0.39 is 0 Å². The Hall–Kier alpha value is -3.20. The van der Waals surface area contributed by atoms with Gasteiger partial charge in [-0.2, -0.15) is 5.26 Å². The largest absolute Gasteiger partial charge is 0.497 e. The second kappa shape index (κ2) is 7.58. The van der Waals surface area contributed by atoms with Crippen LogP contribution in [0.1, 0.15) is 5.56 Å². The maximum Gasteiger partial charge on any atom is 0.321 e. The molecule has 1 heterocycles. The molecule has 1 fully saturated rings. The van der Waals surface area contributed by atoms with Crippen molar-refractivity contribution >= 4 is 17.4 Å². The standard InChI is InChI=1S/C19H20N4O2/c1-25-18-7-5-17(6-8-18)22-9-11-23(12-10-22)19(24)21-16-4-2-3-15(13-16)14-20/h2-8,13H,9-12H2,1H3,(H,21,24). The molecule has 0 saturated carbocycles. The second-order valence-corrected chi connectivity index (χ2v) is 5.79. The molecule has 2 aromatic carbocycles. The molecule has 128 valence electrons. The molecule has 1 saturated heterocycles. The van der Waals surface area contributed by atoms with Gasteiger partial charge in [0, 0.05) is 37.6 Å². The molecule has 0 spiro atoms. The Kier molecular flexibility index (Phi) is 5.05. The number of hydrogen-bond acceptors (Lipinski definition) is 4. The van der Waals surface area contributed by atoms with Crippen molar-refractivity contribution in [3.05, 3.63) is 54.1 Å². The molecule has 0 bridgehead atoms. The molecule has 0 aromatic heterocycles. The number of piperazine rings is 1. The van der Waals surface area contributed by atoms with E-state index in [0.29, 0.717) is 24.3 Å². The zero-order chi connectivity index (χ0) is 17.6. The molecule has 1 N–H and O–H groups in total. The lowest BCUT2D eigenvalue weighted by Crippen LogP contribution is -2.50. The number of urea groups is 1. The molecule has 25 heavy (non-hydrogen) atoms. The topological polar surface area (TPSA) is 68.6 Å². The van der Waals surface area contributed by atoms with Gasteiger partial charge in [0.1, 0.15) is 5.75 Å². The molecular weight excluding hydrogens is 316 g/mol. The van der Waals surface area contributed by atoms with Crippen molar-refractivity contribution in [2.75, 3.05) is 43.5 Å². The van der Waals surface area contributed by atoms with Crippen LogP contribution >= 0.6 is 0 Å². The van der Waals surface area contributed by atoms with Crippen LogP contribution in [0.5, 0.6) is 5.75 Å². The predicted molar refractivity (Wildman–Crippen MR) is 97.0 cm³/mol. The fourth-order valence-corrected chi connectivity index (χ4v) is 2.83. The van der Waals surface area contributed by atoms with Crippen molar-refractivity contribution in [2.45, 2.75) is 0 Å². The zero-order valence-electron chi connectivity index (χ0n) is 14.1. The number of hydrogen-bond donors (Lipinski definition) is 1. The van der Waals surface area contributed by atoms with Crippen LogP contribution in [0, 0.1) is 11.3 Å². The van der Waals surface area contributed by atoms with Gasteiger partial charge in [0.05, 0.1) is 18.7 Å². The van der Waals surface area contributed by atoms with E-state index in [0.717, 1.165) is 24.5 Å². The summed E-state index contributed by atoms with van der Waals surface area (Å²) in [6.07, 6.45) is 0. The van der Waals surface area contributed by atoms with Gasteiger partial charge in [0.25, 0.3) is 0 Å². The molecule has 0 atom stereocenters. The molecule has 0 radical (unpaired) electrons. The van der Waals surface area contributed by atoms with Gasteiger partial charge in [-0.25, -0.2) is 4.79 Å². The molecule has 0 aliphatic carbocycles. The Labute approximate surface area is 147 Å². The number of ether oxygens (including phenoxy) is 1. The maximum absolute atomic E-state index is 12.4. The van der Waals surface area contributed by atoms with Crippen LogP contribution in [0.4, 0.5) is 16.2 Å². The smallest absolute Gasteiger partial charge is 0.321 e. The van der Waals surface area contributed by atoms with E-state index >= 15 is 0 Å². The Bertz CT molecular complexity index is 775. The van der Waals surface area contributed by atoms with Crippen molar-refractivity contribution < 1.29 is 9.53 Å². The van der Waals surface area contributed by atoms with E-state index in [-0.39, 0.29) is 6.03 Å². The van der Waals surface area contributed by atoms with Crippen LogP contribution < -0.4 is 15.0 Å². The molecule has 1 aliphatic heterocycles. The highest BCUT2D eigenvalue weighted by atomic mass is 16.5. The van der Waals surface area contributed by atoms with Crippen LogP contribution in [0.2, 0.25) is 0 Å². The molecule has 2 amide bonds. The average molecular weight is 336 g/mol. The first kappa shape index (κ1) is 16.7. The van der Waals surface area contributed by atoms with Crippen LogP contribution in [-0.4, -0.2) is 44.2 Å². The van der Waals surface area contributed by atoms with E-state index in [2.05, 4.69) is 16.3 Å². The van der Waals surface area contributed by atoms with E-state index in [9.17, 15) is 4.79 Å². The van der Waals surface area contributed by atoms with Gasteiger partial charge in [-0.3, -0.25) is 0 Å². The number of carbonyl (C=O) groups excluding carboxylic acids is 1. The number of nitrogens with one attached hydrogen (secondary N) is 1. The number of benzene rings is 2. The van der Waals surface area contributed by atoms with Crippen molar-refractivity contribution in [1.29, 1.82) is 5.26 Å². The third kappa shape index (κ3) is 4.01. The van der Waals surface area contributed by atoms with Crippen LogP contribution in [0.15, 0.2) is 48.5 Å². The summed E-state index contributed by atoms with van der Waals surface area (Å²) in [5.41, 5.74) is 2.30. The number of anilines is 2. The highest BCUT2D eigenvalue weighted by Crippen LogP contribution is 2.21. The highest BCUT2D eigenvalue weighted by molar-refractivity contribution is 5.89. The Morgan fingerprint density at radius 3 is 2.48 bits per heavy atom. The SMILES string of the molecule is COc1ccc(N2CCN(C(=O)Nc3cccc(C#N)c3)CC2)cc1. The fraction of sp³-hybridized carbons (Fsp3) is 0.263. The Morgan fingerprint density at radius 2 is 1.84 bits per heavy atom. The Morgan fingerprint density at radius 1 is 1.12 bits per heavy atom. The summed E-state index contributed by atoms with van der Waals surface area (Å²) >= 11 is 0. The van der Waals surface area contributed by atoms with Crippen LogP contribution in [0.25, 0.3) is 0 Å². The Balaban J connectivity index is 1.56. The van der Waals surface area contributed by atoms with Gasteiger partial charge in [-0.15, -0.1) is 0 Å². The van der Waals surface area contributed by atoms with Gasteiger partial charge in [0.15, 0.2) is 0 Å². The number of methoxy groups -OCH3 is 1. The molecule has 1 aliphatic rings. The van der Waals surface area contributed by atoms with Crippen molar-refractivity contribution in [2.24, 2.45) is 0 Å². The van der Waals surface area contributed by atoms with E-state index in [1.165, 1.54) is 0 Å².